The Bertz CT molecular complexity index is 966. The smallest absolute Gasteiger partial charge is 0.324 e. The summed E-state index contributed by atoms with van der Waals surface area (Å²) in [6.45, 7) is 0. The Morgan fingerprint density at radius 1 is 0.960 bits per heavy atom. The number of nitrogens with two attached hydrogens (primary N) is 1. The first-order valence-corrected chi connectivity index (χ1v) is 8.34. The van der Waals surface area contributed by atoms with Gasteiger partial charge < -0.3 is 15.6 Å². The van der Waals surface area contributed by atoms with Gasteiger partial charge in [0.25, 0.3) is 0 Å². The third-order valence-corrected chi connectivity index (χ3v) is 4.91. The molecule has 0 saturated heterocycles. The first kappa shape index (κ1) is 15.7. The summed E-state index contributed by atoms with van der Waals surface area (Å²) >= 11 is 0. The maximum absolute atomic E-state index is 11.4. The SMILES string of the molecule is NC1(C(=O)O)CCc2ccc(Oc3ccc4ccccc4c3)cc2C1. The Kier molecular flexibility index (Phi) is 3.70. The van der Waals surface area contributed by atoms with Gasteiger partial charge in [-0.2, -0.15) is 0 Å². The van der Waals surface area contributed by atoms with Gasteiger partial charge in [-0.25, -0.2) is 0 Å². The summed E-state index contributed by atoms with van der Waals surface area (Å²) < 4.78 is 5.99. The van der Waals surface area contributed by atoms with E-state index in [1.54, 1.807) is 0 Å². The largest absolute Gasteiger partial charge is 0.480 e. The highest BCUT2D eigenvalue weighted by atomic mass is 16.5. The van der Waals surface area contributed by atoms with Crippen molar-refractivity contribution in [2.24, 2.45) is 5.73 Å². The first-order chi connectivity index (χ1) is 12.0. The lowest BCUT2D eigenvalue weighted by atomic mass is 9.78. The number of fused-ring (bicyclic) bond motifs is 2. The van der Waals surface area contributed by atoms with Crippen molar-refractivity contribution in [3.05, 3.63) is 71.8 Å². The van der Waals surface area contributed by atoms with Crippen LogP contribution in [0.5, 0.6) is 11.5 Å². The molecule has 25 heavy (non-hydrogen) atoms. The second kappa shape index (κ2) is 5.90. The zero-order valence-electron chi connectivity index (χ0n) is 13.7. The Balaban J connectivity index is 1.62. The van der Waals surface area contributed by atoms with Crippen molar-refractivity contribution in [2.45, 2.75) is 24.8 Å². The summed E-state index contributed by atoms with van der Waals surface area (Å²) in [4.78, 5) is 11.4. The highest BCUT2D eigenvalue weighted by Gasteiger charge is 2.37. The van der Waals surface area contributed by atoms with E-state index >= 15 is 0 Å². The predicted octanol–water partition coefficient (Wildman–Crippen LogP) is 3.90. The average Bonchev–Trinajstić information content (AvgIpc) is 2.61. The lowest BCUT2D eigenvalue weighted by Crippen LogP contribution is -2.52. The van der Waals surface area contributed by atoms with Crippen LogP contribution in [0.25, 0.3) is 10.8 Å². The summed E-state index contributed by atoms with van der Waals surface area (Å²) in [5.41, 5.74) is 6.95. The molecule has 0 heterocycles. The molecule has 3 aromatic rings. The van der Waals surface area contributed by atoms with Crippen molar-refractivity contribution >= 4 is 16.7 Å². The minimum atomic E-state index is -1.19. The van der Waals surface area contributed by atoms with Gasteiger partial charge in [0.15, 0.2) is 0 Å². The van der Waals surface area contributed by atoms with Crippen LogP contribution in [0.15, 0.2) is 60.7 Å². The molecular weight excluding hydrogens is 314 g/mol. The molecule has 0 aliphatic heterocycles. The van der Waals surface area contributed by atoms with Crippen LogP contribution in [0.4, 0.5) is 0 Å². The summed E-state index contributed by atoms with van der Waals surface area (Å²) in [6.07, 6.45) is 1.46. The van der Waals surface area contributed by atoms with Crippen molar-refractivity contribution in [1.82, 2.24) is 0 Å². The molecule has 4 rings (SSSR count). The van der Waals surface area contributed by atoms with E-state index in [2.05, 4.69) is 6.07 Å². The molecule has 0 saturated carbocycles. The molecule has 4 nitrogen and oxygen atoms in total. The van der Waals surface area contributed by atoms with Crippen molar-refractivity contribution in [3.63, 3.8) is 0 Å². The zero-order chi connectivity index (χ0) is 17.4. The van der Waals surface area contributed by atoms with Crippen LogP contribution in [0.2, 0.25) is 0 Å². The fourth-order valence-electron chi connectivity index (χ4n) is 3.41. The lowest BCUT2D eigenvalue weighted by Gasteiger charge is -2.30. The number of carboxylic acid groups (broad SMARTS) is 1. The summed E-state index contributed by atoms with van der Waals surface area (Å²) in [7, 11) is 0. The topological polar surface area (TPSA) is 72.6 Å². The Labute approximate surface area is 145 Å². The molecule has 0 fully saturated rings. The molecule has 1 atom stereocenters. The van der Waals surface area contributed by atoms with E-state index < -0.39 is 11.5 Å². The monoisotopic (exact) mass is 333 g/mol. The van der Waals surface area contributed by atoms with E-state index in [4.69, 9.17) is 10.5 Å². The second-order valence-electron chi connectivity index (χ2n) is 6.68. The fourth-order valence-corrected chi connectivity index (χ4v) is 3.41. The molecule has 0 radical (unpaired) electrons. The number of aryl methyl sites for hydroxylation is 1. The minimum absolute atomic E-state index is 0.326. The van der Waals surface area contributed by atoms with E-state index in [-0.39, 0.29) is 0 Å². The van der Waals surface area contributed by atoms with E-state index in [1.165, 1.54) is 0 Å². The number of benzene rings is 3. The van der Waals surface area contributed by atoms with E-state index in [0.717, 1.165) is 27.6 Å². The molecule has 126 valence electrons. The lowest BCUT2D eigenvalue weighted by molar-refractivity contribution is -0.143. The molecule has 0 bridgehead atoms. The molecule has 0 amide bonds. The number of carboxylic acids is 1. The third-order valence-electron chi connectivity index (χ3n) is 4.91. The van der Waals surface area contributed by atoms with Crippen LogP contribution in [0, 0.1) is 0 Å². The molecule has 3 N–H and O–H groups in total. The normalized spacial score (nSPS) is 19.4. The number of aliphatic carboxylic acids is 1. The summed E-state index contributed by atoms with van der Waals surface area (Å²) in [5, 5.41) is 11.6. The minimum Gasteiger partial charge on any atom is -0.480 e. The van der Waals surface area contributed by atoms with Crippen LogP contribution >= 0.6 is 0 Å². The van der Waals surface area contributed by atoms with Gasteiger partial charge in [0.2, 0.25) is 0 Å². The third kappa shape index (κ3) is 2.96. The van der Waals surface area contributed by atoms with Gasteiger partial charge in [0.1, 0.15) is 17.0 Å². The van der Waals surface area contributed by atoms with Gasteiger partial charge in [-0.15, -0.1) is 0 Å². The summed E-state index contributed by atoms with van der Waals surface area (Å²) in [6, 6.07) is 19.9. The molecule has 3 aromatic carbocycles. The van der Waals surface area contributed by atoms with Crippen molar-refractivity contribution in [3.8, 4) is 11.5 Å². The van der Waals surface area contributed by atoms with Crippen LogP contribution < -0.4 is 10.5 Å². The predicted molar refractivity (Wildman–Crippen MR) is 97.0 cm³/mol. The van der Waals surface area contributed by atoms with Crippen molar-refractivity contribution < 1.29 is 14.6 Å². The van der Waals surface area contributed by atoms with Gasteiger partial charge in [0.05, 0.1) is 0 Å². The number of ether oxygens (including phenoxy) is 1. The average molecular weight is 333 g/mol. The maximum atomic E-state index is 11.4. The molecule has 0 spiro atoms. The van der Waals surface area contributed by atoms with Gasteiger partial charge >= 0.3 is 5.97 Å². The van der Waals surface area contributed by atoms with Gasteiger partial charge in [-0.3, -0.25) is 4.79 Å². The van der Waals surface area contributed by atoms with E-state index in [1.807, 2.05) is 54.6 Å². The van der Waals surface area contributed by atoms with Crippen molar-refractivity contribution in [2.75, 3.05) is 0 Å². The van der Waals surface area contributed by atoms with Crippen LogP contribution in [-0.4, -0.2) is 16.6 Å². The molecule has 4 heteroatoms. The quantitative estimate of drug-likeness (QED) is 0.762. The van der Waals surface area contributed by atoms with Gasteiger partial charge in [-0.05, 0) is 59.0 Å². The van der Waals surface area contributed by atoms with Gasteiger partial charge in [-0.1, -0.05) is 36.4 Å². The van der Waals surface area contributed by atoms with Gasteiger partial charge in [0, 0.05) is 6.42 Å². The Morgan fingerprint density at radius 3 is 2.48 bits per heavy atom. The fraction of sp³-hybridized carbons (Fsp3) is 0.190. The number of hydrogen-bond donors (Lipinski definition) is 2. The highest BCUT2D eigenvalue weighted by Crippen LogP contribution is 2.32. The first-order valence-electron chi connectivity index (χ1n) is 8.34. The van der Waals surface area contributed by atoms with Crippen LogP contribution in [0.1, 0.15) is 17.5 Å². The van der Waals surface area contributed by atoms with Crippen molar-refractivity contribution in [1.29, 1.82) is 0 Å². The molecule has 1 aliphatic carbocycles. The van der Waals surface area contributed by atoms with E-state index in [0.29, 0.717) is 25.0 Å². The molecule has 1 aliphatic rings. The molecule has 1 unspecified atom stereocenters. The Hall–Kier alpha value is -2.85. The highest BCUT2D eigenvalue weighted by molar-refractivity contribution is 5.83. The number of hydrogen-bond acceptors (Lipinski definition) is 3. The molecular formula is C21H19NO3. The summed E-state index contributed by atoms with van der Waals surface area (Å²) in [5.74, 6) is 0.509. The van der Waals surface area contributed by atoms with Crippen LogP contribution in [-0.2, 0) is 17.6 Å². The second-order valence-corrected chi connectivity index (χ2v) is 6.68. The number of rotatable bonds is 3. The maximum Gasteiger partial charge on any atom is 0.324 e. The zero-order valence-corrected chi connectivity index (χ0v) is 13.7. The van der Waals surface area contributed by atoms with E-state index in [9.17, 15) is 9.90 Å². The molecule has 0 aromatic heterocycles. The standard InChI is InChI=1S/C21H19NO3/c22-21(20(23)24)10-9-15-6-8-19(12-17(15)13-21)25-18-7-5-14-3-1-2-4-16(14)11-18/h1-8,11-12H,9-10,13,22H2,(H,23,24). The number of carbonyl (C=O) groups is 1. The Morgan fingerprint density at radius 2 is 1.68 bits per heavy atom. The van der Waals surface area contributed by atoms with Crippen LogP contribution in [0.3, 0.4) is 0 Å².